The summed E-state index contributed by atoms with van der Waals surface area (Å²) in [5.74, 6) is 0.284. The number of anilines is 1. The third-order valence-electron chi connectivity index (χ3n) is 3.21. The molecule has 0 saturated carbocycles. The molecule has 0 unspecified atom stereocenters. The second-order valence-corrected chi connectivity index (χ2v) is 5.94. The lowest BCUT2D eigenvalue weighted by atomic mass is 10.1. The Morgan fingerprint density at radius 2 is 2.00 bits per heavy atom. The van der Waals surface area contributed by atoms with Crippen LogP contribution in [-0.4, -0.2) is 16.9 Å². The maximum atomic E-state index is 11.4. The van der Waals surface area contributed by atoms with Crippen molar-refractivity contribution in [2.45, 2.75) is 0 Å². The van der Waals surface area contributed by atoms with Crippen molar-refractivity contribution >= 4 is 39.1 Å². The highest BCUT2D eigenvalue weighted by molar-refractivity contribution is 9.10. The summed E-state index contributed by atoms with van der Waals surface area (Å²) < 4.78 is 6.38. The van der Waals surface area contributed by atoms with E-state index in [2.05, 4.69) is 26.4 Å². The zero-order valence-electron chi connectivity index (χ0n) is 11.9. The molecule has 3 aromatic rings. The predicted molar refractivity (Wildman–Crippen MR) is 94.4 cm³/mol. The Morgan fingerprint density at radius 1 is 1.17 bits per heavy atom. The van der Waals surface area contributed by atoms with Crippen LogP contribution in [0.1, 0.15) is 0 Å². The molecule has 1 N–H and O–H groups in total. The van der Waals surface area contributed by atoms with Gasteiger partial charge in [-0.1, -0.05) is 51.4 Å². The molecule has 0 aliphatic rings. The molecule has 116 valence electrons. The number of halogens is 2. The summed E-state index contributed by atoms with van der Waals surface area (Å²) in [4.78, 5) is 11.4. The molecule has 0 fully saturated rings. The van der Waals surface area contributed by atoms with E-state index < -0.39 is 0 Å². The van der Waals surface area contributed by atoms with Crippen molar-refractivity contribution < 1.29 is 9.32 Å². The first-order valence-corrected chi connectivity index (χ1v) is 8.18. The number of hydrogen-bond donors (Lipinski definition) is 1. The number of aromatic nitrogens is 1. The number of nitrogens with zero attached hydrogens (tertiary/aromatic N) is 1. The zero-order chi connectivity index (χ0) is 16.2. The molecule has 1 heterocycles. The number of benzene rings is 2. The molecule has 0 bridgehead atoms. The number of rotatable bonds is 4. The van der Waals surface area contributed by atoms with Crippen LogP contribution >= 0.6 is 27.5 Å². The minimum absolute atomic E-state index is 0.0846. The fourth-order valence-electron chi connectivity index (χ4n) is 2.15. The Kier molecular flexibility index (Phi) is 4.79. The molecule has 3 rings (SSSR count). The summed E-state index contributed by atoms with van der Waals surface area (Å²) in [5, 5.41) is 6.83. The Morgan fingerprint density at radius 3 is 2.78 bits per heavy atom. The molecule has 0 saturated heterocycles. The van der Waals surface area contributed by atoms with Gasteiger partial charge in [0.2, 0.25) is 5.91 Å². The van der Waals surface area contributed by atoms with E-state index in [9.17, 15) is 4.79 Å². The van der Waals surface area contributed by atoms with Crippen molar-refractivity contribution in [3.05, 3.63) is 59.1 Å². The molecule has 0 radical (unpaired) electrons. The van der Waals surface area contributed by atoms with E-state index in [0.717, 1.165) is 21.3 Å². The number of hydrogen-bond acceptors (Lipinski definition) is 3. The van der Waals surface area contributed by atoms with E-state index in [4.69, 9.17) is 16.1 Å². The van der Waals surface area contributed by atoms with Gasteiger partial charge < -0.3 is 9.84 Å². The first kappa shape index (κ1) is 15.8. The molecule has 1 amide bonds. The number of nitrogens with one attached hydrogen (secondary N) is 1. The molecule has 0 atom stereocenters. The van der Waals surface area contributed by atoms with Crippen molar-refractivity contribution in [3.63, 3.8) is 0 Å². The van der Waals surface area contributed by atoms with Crippen LogP contribution in [0.5, 0.6) is 0 Å². The van der Waals surface area contributed by atoms with Gasteiger partial charge in [-0.05, 0) is 18.2 Å². The highest BCUT2D eigenvalue weighted by Crippen LogP contribution is 2.31. The van der Waals surface area contributed by atoms with Gasteiger partial charge in [-0.2, -0.15) is 0 Å². The van der Waals surface area contributed by atoms with Crippen molar-refractivity contribution in [1.29, 1.82) is 0 Å². The molecule has 0 aliphatic carbocycles. The summed E-state index contributed by atoms with van der Waals surface area (Å²) in [6.07, 6.45) is 0. The van der Waals surface area contributed by atoms with Crippen molar-refractivity contribution in [1.82, 2.24) is 5.16 Å². The third-order valence-corrected chi connectivity index (χ3v) is 4.15. The van der Waals surface area contributed by atoms with Crippen LogP contribution in [0.2, 0.25) is 0 Å². The van der Waals surface area contributed by atoms with Gasteiger partial charge in [0.25, 0.3) is 0 Å². The fraction of sp³-hybridized carbons (Fsp3) is 0.0588. The minimum Gasteiger partial charge on any atom is -0.356 e. The quantitative estimate of drug-likeness (QED) is 0.640. The largest absolute Gasteiger partial charge is 0.356 e. The highest BCUT2D eigenvalue weighted by Gasteiger charge is 2.11. The maximum absolute atomic E-state index is 11.4. The SMILES string of the molecule is O=C(CCl)Nc1cccc(-c2cc(-c3ccccc3Br)no2)c1. The van der Waals surface area contributed by atoms with Crippen molar-refractivity contribution in [2.24, 2.45) is 0 Å². The summed E-state index contributed by atoms with van der Waals surface area (Å²) in [5.41, 5.74) is 3.17. The average molecular weight is 392 g/mol. The van der Waals surface area contributed by atoms with Crippen molar-refractivity contribution in [3.8, 4) is 22.6 Å². The molecule has 2 aromatic carbocycles. The van der Waals surface area contributed by atoms with Gasteiger partial charge >= 0.3 is 0 Å². The highest BCUT2D eigenvalue weighted by atomic mass is 79.9. The van der Waals surface area contributed by atoms with Gasteiger partial charge in [0.1, 0.15) is 11.6 Å². The lowest BCUT2D eigenvalue weighted by Crippen LogP contribution is -2.12. The van der Waals surface area contributed by atoms with Gasteiger partial charge in [0.15, 0.2) is 5.76 Å². The molecule has 1 aromatic heterocycles. The zero-order valence-corrected chi connectivity index (χ0v) is 14.3. The molecule has 0 spiro atoms. The lowest BCUT2D eigenvalue weighted by molar-refractivity contribution is -0.113. The van der Waals surface area contributed by atoms with E-state index in [1.807, 2.05) is 48.5 Å². The lowest BCUT2D eigenvalue weighted by Gasteiger charge is -2.04. The van der Waals surface area contributed by atoms with Crippen LogP contribution in [-0.2, 0) is 4.79 Å². The Balaban J connectivity index is 1.90. The first-order chi connectivity index (χ1) is 11.2. The standard InChI is InChI=1S/C17H12BrClN2O2/c18-14-7-2-1-6-13(14)15-9-16(23-21-15)11-4-3-5-12(8-11)20-17(22)10-19/h1-9H,10H2,(H,20,22). The number of carbonyl (C=O) groups excluding carboxylic acids is 1. The Labute approximate surface area is 146 Å². The number of carbonyl (C=O) groups is 1. The summed E-state index contributed by atoms with van der Waals surface area (Å²) in [6.45, 7) is 0. The van der Waals surface area contributed by atoms with E-state index in [1.54, 1.807) is 6.07 Å². The topological polar surface area (TPSA) is 55.1 Å². The molecular weight excluding hydrogens is 380 g/mol. The van der Waals surface area contributed by atoms with E-state index >= 15 is 0 Å². The van der Waals surface area contributed by atoms with E-state index in [0.29, 0.717) is 11.4 Å². The van der Waals surface area contributed by atoms with Crippen LogP contribution in [0.25, 0.3) is 22.6 Å². The molecule has 23 heavy (non-hydrogen) atoms. The molecular formula is C17H12BrClN2O2. The normalized spacial score (nSPS) is 10.5. The third kappa shape index (κ3) is 3.63. The van der Waals surface area contributed by atoms with Gasteiger partial charge in [-0.3, -0.25) is 4.79 Å². The fourth-order valence-corrected chi connectivity index (χ4v) is 2.71. The molecule has 0 aliphatic heterocycles. The second kappa shape index (κ2) is 6.98. The minimum atomic E-state index is -0.254. The summed E-state index contributed by atoms with van der Waals surface area (Å²) >= 11 is 9.00. The van der Waals surface area contributed by atoms with Gasteiger partial charge in [0, 0.05) is 27.4 Å². The molecule has 6 heteroatoms. The van der Waals surface area contributed by atoms with Crippen molar-refractivity contribution in [2.75, 3.05) is 11.2 Å². The second-order valence-electron chi connectivity index (χ2n) is 4.82. The number of amides is 1. The smallest absolute Gasteiger partial charge is 0.239 e. The van der Waals surface area contributed by atoms with Gasteiger partial charge in [0.05, 0.1) is 0 Å². The van der Waals surface area contributed by atoms with Crippen LogP contribution in [0.15, 0.2) is 63.6 Å². The van der Waals surface area contributed by atoms with Crippen LogP contribution in [0, 0.1) is 0 Å². The summed E-state index contributed by atoms with van der Waals surface area (Å²) in [6, 6.07) is 17.0. The van der Waals surface area contributed by atoms with Crippen LogP contribution < -0.4 is 5.32 Å². The van der Waals surface area contributed by atoms with Gasteiger partial charge in [-0.25, -0.2) is 0 Å². The summed E-state index contributed by atoms with van der Waals surface area (Å²) in [7, 11) is 0. The van der Waals surface area contributed by atoms with Crippen LogP contribution in [0.4, 0.5) is 5.69 Å². The van der Waals surface area contributed by atoms with E-state index in [-0.39, 0.29) is 11.8 Å². The van der Waals surface area contributed by atoms with Gasteiger partial charge in [-0.15, -0.1) is 11.6 Å². The maximum Gasteiger partial charge on any atom is 0.239 e. The molecule has 4 nitrogen and oxygen atoms in total. The first-order valence-electron chi connectivity index (χ1n) is 6.85. The predicted octanol–water partition coefficient (Wildman–Crippen LogP) is 4.95. The Bertz CT molecular complexity index is 848. The monoisotopic (exact) mass is 390 g/mol. The number of alkyl halides is 1. The van der Waals surface area contributed by atoms with Crippen LogP contribution in [0.3, 0.4) is 0 Å². The van der Waals surface area contributed by atoms with E-state index in [1.165, 1.54) is 0 Å². The Hall–Kier alpha value is -2.11. The average Bonchev–Trinajstić information content (AvgIpc) is 3.05.